The Morgan fingerprint density at radius 2 is 1.35 bits per heavy atom. The van der Waals surface area contributed by atoms with Crippen LogP contribution in [0.5, 0.6) is 0 Å². The summed E-state index contributed by atoms with van der Waals surface area (Å²) >= 11 is 5.76. The van der Waals surface area contributed by atoms with E-state index < -0.39 is 34.6 Å². The topological polar surface area (TPSA) is 23.8 Å². The van der Waals surface area contributed by atoms with Crippen molar-refractivity contribution < 1.29 is 30.7 Å². The van der Waals surface area contributed by atoms with Gasteiger partial charge in [0.15, 0.2) is 0 Å². The Labute approximate surface area is 160 Å². The summed E-state index contributed by atoms with van der Waals surface area (Å²) in [6, 6.07) is 5.84. The Balaban J connectivity index is 3.05. The molecule has 0 radical (unpaired) electrons. The molecule has 1 aliphatic rings. The van der Waals surface area contributed by atoms with E-state index in [4.69, 9.17) is 5.26 Å². The average Bonchev–Trinajstić information content (AvgIpc) is 2.50. The van der Waals surface area contributed by atoms with Crippen LogP contribution in [0.15, 0.2) is 45.4 Å². The van der Waals surface area contributed by atoms with Crippen LogP contribution in [0.3, 0.4) is 0 Å². The van der Waals surface area contributed by atoms with Crippen molar-refractivity contribution in [3.05, 3.63) is 56.5 Å². The first-order chi connectivity index (χ1) is 11.8. The van der Waals surface area contributed by atoms with Crippen LogP contribution in [-0.4, -0.2) is 18.0 Å². The fourth-order valence-electron chi connectivity index (χ4n) is 2.91. The highest BCUT2D eigenvalue weighted by molar-refractivity contribution is 9.12. The molecule has 0 aromatic heterocycles. The smallest absolute Gasteiger partial charge is 0.222 e. The van der Waals surface area contributed by atoms with Crippen molar-refractivity contribution in [2.24, 2.45) is 0 Å². The van der Waals surface area contributed by atoms with E-state index in [1.54, 1.807) is 0 Å². The van der Waals surface area contributed by atoms with Crippen LogP contribution in [0.1, 0.15) is 17.5 Å². The van der Waals surface area contributed by atoms with Gasteiger partial charge in [-0.15, -0.1) is 0 Å². The summed E-state index contributed by atoms with van der Waals surface area (Å²) in [5.74, 6) is 0. The van der Waals surface area contributed by atoms with E-state index in [1.807, 2.05) is 0 Å². The summed E-state index contributed by atoms with van der Waals surface area (Å²) in [5.41, 5.74) is -10.2. The Morgan fingerprint density at radius 3 is 1.77 bits per heavy atom. The number of halogens is 9. The number of alkyl halides is 7. The van der Waals surface area contributed by atoms with Gasteiger partial charge < -0.3 is 0 Å². The second-order valence-corrected chi connectivity index (χ2v) is 7.58. The monoisotopic (exact) mass is 505 g/mol. The van der Waals surface area contributed by atoms with Gasteiger partial charge in [-0.1, -0.05) is 62.2 Å². The molecule has 0 saturated heterocycles. The second-order valence-electron chi connectivity index (χ2n) is 5.54. The van der Waals surface area contributed by atoms with Crippen molar-refractivity contribution in [3.8, 4) is 6.07 Å². The summed E-state index contributed by atoms with van der Waals surface area (Å²) in [4.78, 5) is 0. The minimum absolute atomic E-state index is 0.0533. The fourth-order valence-corrected chi connectivity index (χ4v) is 4.61. The molecule has 0 unspecified atom stereocenters. The maximum absolute atomic E-state index is 15.2. The van der Waals surface area contributed by atoms with Crippen molar-refractivity contribution in [1.29, 1.82) is 5.26 Å². The van der Waals surface area contributed by atoms with Crippen molar-refractivity contribution >= 4 is 31.9 Å². The van der Waals surface area contributed by atoms with E-state index >= 15 is 4.39 Å². The lowest BCUT2D eigenvalue weighted by molar-refractivity contribution is -0.354. The van der Waals surface area contributed by atoms with Gasteiger partial charge in [0.25, 0.3) is 0 Å². The van der Waals surface area contributed by atoms with Crippen LogP contribution < -0.4 is 0 Å². The number of allylic oxidation sites excluding steroid dienone is 4. The van der Waals surface area contributed by atoms with Crippen LogP contribution in [0, 0.1) is 11.3 Å². The van der Waals surface area contributed by atoms with Crippen LogP contribution in [-0.2, 0) is 5.41 Å². The zero-order valence-electron chi connectivity index (χ0n) is 12.5. The molecular weight excluding hydrogens is 499 g/mol. The molecule has 0 bridgehead atoms. The summed E-state index contributed by atoms with van der Waals surface area (Å²) in [7, 11) is 0. The SMILES string of the molecule is N#Cc1ccccc1C1(C(F)(C(F)(F)F)C(F)(F)F)C=C(Br)CC(Br)=C1. The Hall–Kier alpha value is -1.34. The molecule has 10 heteroatoms. The summed E-state index contributed by atoms with van der Waals surface area (Å²) in [6.45, 7) is 0. The van der Waals surface area contributed by atoms with E-state index in [2.05, 4.69) is 31.9 Å². The molecule has 0 fully saturated rings. The molecule has 0 amide bonds. The van der Waals surface area contributed by atoms with E-state index in [9.17, 15) is 26.3 Å². The molecule has 2 rings (SSSR count). The van der Waals surface area contributed by atoms with Gasteiger partial charge in [0.05, 0.1) is 17.0 Å². The Morgan fingerprint density at radius 1 is 0.885 bits per heavy atom. The quantitative estimate of drug-likeness (QED) is 0.415. The molecule has 26 heavy (non-hydrogen) atoms. The lowest BCUT2D eigenvalue weighted by atomic mass is 9.64. The third-order valence-electron chi connectivity index (χ3n) is 3.95. The number of hydrogen-bond acceptors (Lipinski definition) is 1. The molecule has 0 aliphatic heterocycles. The van der Waals surface area contributed by atoms with Crippen molar-refractivity contribution in [2.45, 2.75) is 29.9 Å². The van der Waals surface area contributed by atoms with Gasteiger partial charge in [0, 0.05) is 6.42 Å². The van der Waals surface area contributed by atoms with Gasteiger partial charge in [-0.2, -0.15) is 31.6 Å². The highest BCUT2D eigenvalue weighted by Gasteiger charge is 2.81. The lowest BCUT2D eigenvalue weighted by Crippen LogP contribution is -2.65. The molecule has 1 aromatic rings. The Kier molecular flexibility index (Phi) is 5.38. The zero-order valence-corrected chi connectivity index (χ0v) is 15.7. The highest BCUT2D eigenvalue weighted by Crippen LogP contribution is 2.60. The summed E-state index contributed by atoms with van der Waals surface area (Å²) in [6.07, 6.45) is -11.6. The number of rotatable bonds is 2. The number of benzene rings is 1. The standard InChI is InChI=1S/C16H8Br2F7N/c17-10-5-11(18)7-13(6-10,12-4-2-1-3-9(12)8-26)14(19,15(20,21)22)16(23,24)25/h1-4,6-7H,5H2. The lowest BCUT2D eigenvalue weighted by Gasteiger charge is -2.45. The minimum Gasteiger partial charge on any atom is -0.222 e. The van der Waals surface area contributed by atoms with Gasteiger partial charge in [0.1, 0.15) is 0 Å². The second kappa shape index (κ2) is 6.68. The first kappa shape index (κ1) is 21.0. The van der Waals surface area contributed by atoms with Crippen molar-refractivity contribution in [1.82, 2.24) is 0 Å². The zero-order chi connectivity index (χ0) is 20.0. The normalized spacial score (nSPS) is 18.0. The average molecular weight is 507 g/mol. The molecule has 1 aliphatic carbocycles. The van der Waals surface area contributed by atoms with Crippen molar-refractivity contribution in [2.75, 3.05) is 0 Å². The van der Waals surface area contributed by atoms with Gasteiger partial charge in [0.2, 0.25) is 0 Å². The van der Waals surface area contributed by atoms with Crippen LogP contribution in [0.2, 0.25) is 0 Å². The molecule has 0 spiro atoms. The molecule has 1 aromatic carbocycles. The first-order valence-electron chi connectivity index (χ1n) is 6.86. The molecule has 0 N–H and O–H groups in total. The third-order valence-corrected chi connectivity index (χ3v) is 4.97. The third kappa shape index (κ3) is 3.09. The fraction of sp³-hybridized carbons (Fsp3) is 0.312. The van der Waals surface area contributed by atoms with E-state index in [0.29, 0.717) is 12.2 Å². The molecule has 0 heterocycles. The van der Waals surface area contributed by atoms with E-state index in [1.165, 1.54) is 12.1 Å². The summed E-state index contributed by atoms with van der Waals surface area (Å²) < 4.78 is 96.3. The van der Waals surface area contributed by atoms with E-state index in [0.717, 1.165) is 18.2 Å². The van der Waals surface area contributed by atoms with Crippen LogP contribution >= 0.6 is 31.9 Å². The van der Waals surface area contributed by atoms with Crippen LogP contribution in [0.4, 0.5) is 30.7 Å². The highest BCUT2D eigenvalue weighted by atomic mass is 79.9. The maximum Gasteiger partial charge on any atom is 0.433 e. The maximum atomic E-state index is 15.2. The predicted molar refractivity (Wildman–Crippen MR) is 87.4 cm³/mol. The number of nitrogens with zero attached hydrogens (tertiary/aromatic N) is 1. The molecule has 0 saturated carbocycles. The summed E-state index contributed by atoms with van der Waals surface area (Å²) in [5, 5.41) is 9.17. The van der Waals surface area contributed by atoms with E-state index in [-0.39, 0.29) is 15.4 Å². The first-order valence-corrected chi connectivity index (χ1v) is 8.45. The van der Waals surface area contributed by atoms with Gasteiger partial charge in [-0.05, 0) is 20.6 Å². The Bertz CT molecular complexity index is 783. The van der Waals surface area contributed by atoms with Gasteiger partial charge in [-0.3, -0.25) is 0 Å². The van der Waals surface area contributed by atoms with Gasteiger partial charge in [-0.25, -0.2) is 4.39 Å². The molecular formula is C16H8Br2F7N. The molecule has 140 valence electrons. The molecule has 1 nitrogen and oxygen atoms in total. The van der Waals surface area contributed by atoms with Crippen LogP contribution in [0.25, 0.3) is 0 Å². The number of hydrogen-bond donors (Lipinski definition) is 0. The van der Waals surface area contributed by atoms with Gasteiger partial charge >= 0.3 is 18.0 Å². The minimum atomic E-state index is -6.31. The largest absolute Gasteiger partial charge is 0.433 e. The van der Waals surface area contributed by atoms with Crippen molar-refractivity contribution in [3.63, 3.8) is 0 Å². The molecule has 0 atom stereocenters. The predicted octanol–water partition coefficient (Wildman–Crippen LogP) is 6.59. The number of nitriles is 1.